The minimum atomic E-state index is -3.38. The van der Waals surface area contributed by atoms with Gasteiger partial charge in [0.2, 0.25) is 0 Å². The van der Waals surface area contributed by atoms with Gasteiger partial charge in [0, 0.05) is 26.0 Å². The van der Waals surface area contributed by atoms with Crippen LogP contribution in [0.2, 0.25) is 0 Å². The van der Waals surface area contributed by atoms with E-state index in [4.69, 9.17) is 9.47 Å². The van der Waals surface area contributed by atoms with Gasteiger partial charge in [-0.2, -0.15) is 0 Å². The Bertz CT molecular complexity index is 504. The van der Waals surface area contributed by atoms with Gasteiger partial charge in [-0.25, -0.2) is 8.42 Å². The first kappa shape index (κ1) is 16.9. The molecule has 0 aliphatic heterocycles. The van der Waals surface area contributed by atoms with Gasteiger partial charge in [0.1, 0.15) is 0 Å². The molecule has 1 aromatic carbocycles. The lowest BCUT2D eigenvalue weighted by Gasteiger charge is -2.17. The number of sulfone groups is 1. The van der Waals surface area contributed by atoms with Gasteiger partial charge < -0.3 is 9.47 Å². The van der Waals surface area contributed by atoms with E-state index in [-0.39, 0.29) is 12.2 Å². The van der Waals surface area contributed by atoms with Crippen molar-refractivity contribution in [3.8, 4) is 0 Å². The van der Waals surface area contributed by atoms with Crippen molar-refractivity contribution in [3.63, 3.8) is 0 Å². The second-order valence-corrected chi connectivity index (χ2v) is 6.33. The Hall–Kier alpha value is -1.17. The molecule has 20 heavy (non-hydrogen) atoms. The fourth-order valence-electron chi connectivity index (χ4n) is 1.82. The van der Waals surface area contributed by atoms with Crippen LogP contribution in [0.4, 0.5) is 0 Å². The van der Waals surface area contributed by atoms with Crippen LogP contribution < -0.4 is 0 Å². The van der Waals surface area contributed by atoms with Gasteiger partial charge in [0.15, 0.2) is 16.1 Å². The maximum atomic E-state index is 12.1. The maximum absolute atomic E-state index is 12.1. The van der Waals surface area contributed by atoms with Crippen LogP contribution in [0.1, 0.15) is 19.8 Å². The molecule has 0 aliphatic rings. The average Bonchev–Trinajstić information content (AvgIpc) is 2.48. The third-order valence-corrected chi connectivity index (χ3v) is 4.59. The summed E-state index contributed by atoms with van der Waals surface area (Å²) in [6, 6.07) is 8.40. The van der Waals surface area contributed by atoms with Gasteiger partial charge in [-0.15, -0.1) is 0 Å². The normalized spacial score (nSPS) is 14.0. The summed E-state index contributed by atoms with van der Waals surface area (Å²) in [5.41, 5.74) is 0. The van der Waals surface area contributed by atoms with Crippen LogP contribution in [0.3, 0.4) is 0 Å². The Morgan fingerprint density at radius 2 is 1.75 bits per heavy atom. The lowest BCUT2D eigenvalue weighted by molar-refractivity contribution is -0.111. The largest absolute Gasteiger partial charge is 0.356 e. The first-order chi connectivity index (χ1) is 9.53. The molecule has 112 valence electrons. The molecule has 0 fully saturated rings. The molecule has 0 saturated carbocycles. The molecule has 1 atom stereocenters. The third kappa shape index (κ3) is 5.07. The third-order valence-electron chi connectivity index (χ3n) is 3.15. The van der Waals surface area contributed by atoms with E-state index >= 15 is 0 Å². The lowest BCUT2D eigenvalue weighted by Crippen LogP contribution is -2.17. The van der Waals surface area contributed by atoms with Crippen molar-refractivity contribution in [2.24, 2.45) is 5.92 Å². The molecule has 0 spiro atoms. The van der Waals surface area contributed by atoms with Crippen molar-refractivity contribution in [1.82, 2.24) is 0 Å². The number of methoxy groups -OCH3 is 2. The molecule has 0 bridgehead atoms. The molecule has 0 aliphatic carbocycles. The predicted molar refractivity (Wildman–Crippen MR) is 79.0 cm³/mol. The van der Waals surface area contributed by atoms with Crippen molar-refractivity contribution in [3.05, 3.63) is 41.8 Å². The zero-order valence-corrected chi connectivity index (χ0v) is 13.0. The summed E-state index contributed by atoms with van der Waals surface area (Å²) >= 11 is 0. The number of allylic oxidation sites excluding steroid dienone is 1. The molecular formula is C15H22O4S. The standard InChI is InChI=1S/C15H22O4S/c1-4-13(12-15(18-2)19-3)10-11-20(16,17)14-8-6-5-7-9-14/h5-11,13,15H,4,12H2,1-3H3/b11-10+/t13-/m0/s1. The lowest BCUT2D eigenvalue weighted by atomic mass is 10.0. The van der Waals surface area contributed by atoms with Crippen LogP contribution in [-0.2, 0) is 19.3 Å². The van der Waals surface area contributed by atoms with E-state index in [1.54, 1.807) is 50.6 Å². The molecule has 1 rings (SSSR count). The van der Waals surface area contributed by atoms with Gasteiger partial charge >= 0.3 is 0 Å². The van der Waals surface area contributed by atoms with Crippen molar-refractivity contribution >= 4 is 9.84 Å². The van der Waals surface area contributed by atoms with E-state index in [2.05, 4.69) is 0 Å². The minimum absolute atomic E-state index is 0.0957. The summed E-state index contributed by atoms with van der Waals surface area (Å²) in [5.74, 6) is 0.0957. The highest BCUT2D eigenvalue weighted by Crippen LogP contribution is 2.18. The van der Waals surface area contributed by atoms with E-state index in [1.165, 1.54) is 5.41 Å². The smallest absolute Gasteiger partial charge is 0.199 e. The highest BCUT2D eigenvalue weighted by molar-refractivity contribution is 7.94. The van der Waals surface area contributed by atoms with Crippen LogP contribution in [0.25, 0.3) is 0 Å². The topological polar surface area (TPSA) is 52.6 Å². The summed E-state index contributed by atoms with van der Waals surface area (Å²) in [7, 11) is -0.227. The van der Waals surface area contributed by atoms with Crippen LogP contribution in [0.5, 0.6) is 0 Å². The van der Waals surface area contributed by atoms with E-state index in [9.17, 15) is 8.42 Å². The number of rotatable bonds is 8. The molecule has 4 nitrogen and oxygen atoms in total. The fourth-order valence-corrected chi connectivity index (χ4v) is 2.94. The molecule has 0 aromatic heterocycles. The van der Waals surface area contributed by atoms with Gasteiger partial charge in [0.25, 0.3) is 0 Å². The Morgan fingerprint density at radius 3 is 2.25 bits per heavy atom. The first-order valence-electron chi connectivity index (χ1n) is 6.57. The molecule has 0 N–H and O–H groups in total. The molecular weight excluding hydrogens is 276 g/mol. The molecule has 0 heterocycles. The molecule has 0 unspecified atom stereocenters. The molecule has 0 radical (unpaired) electrons. The second kappa shape index (κ2) is 8.19. The van der Waals surface area contributed by atoms with Crippen molar-refractivity contribution < 1.29 is 17.9 Å². The highest BCUT2D eigenvalue weighted by Gasteiger charge is 2.14. The Labute approximate surface area is 121 Å². The highest BCUT2D eigenvalue weighted by atomic mass is 32.2. The quantitative estimate of drug-likeness (QED) is 0.692. The number of ether oxygens (including phenoxy) is 2. The maximum Gasteiger partial charge on any atom is 0.199 e. The fraction of sp³-hybridized carbons (Fsp3) is 0.467. The van der Waals surface area contributed by atoms with Crippen molar-refractivity contribution in [2.45, 2.75) is 31.0 Å². The number of hydrogen-bond acceptors (Lipinski definition) is 4. The minimum Gasteiger partial charge on any atom is -0.356 e. The van der Waals surface area contributed by atoms with Crippen molar-refractivity contribution in [1.29, 1.82) is 0 Å². The summed E-state index contributed by atoms with van der Waals surface area (Å²) in [4.78, 5) is 0.307. The second-order valence-electron chi connectivity index (χ2n) is 4.49. The molecule has 0 saturated heterocycles. The predicted octanol–water partition coefficient (Wildman–Crippen LogP) is 3.01. The van der Waals surface area contributed by atoms with Crippen molar-refractivity contribution in [2.75, 3.05) is 14.2 Å². The average molecular weight is 298 g/mol. The summed E-state index contributed by atoms with van der Waals surface area (Å²) < 4.78 is 34.5. The Kier molecular flexibility index (Phi) is 6.91. The van der Waals surface area contributed by atoms with E-state index in [0.717, 1.165) is 6.42 Å². The SMILES string of the molecule is CC[C@@H](/C=C/S(=O)(=O)c1ccccc1)CC(OC)OC. The van der Waals surface area contributed by atoms with Crippen LogP contribution in [0, 0.1) is 5.92 Å². The zero-order chi connectivity index (χ0) is 15.0. The molecule has 5 heteroatoms. The van der Waals surface area contributed by atoms with E-state index in [0.29, 0.717) is 11.3 Å². The molecule has 1 aromatic rings. The van der Waals surface area contributed by atoms with Crippen LogP contribution in [0.15, 0.2) is 46.7 Å². The van der Waals surface area contributed by atoms with Crippen LogP contribution in [-0.4, -0.2) is 28.9 Å². The molecule has 0 amide bonds. The monoisotopic (exact) mass is 298 g/mol. The van der Waals surface area contributed by atoms with Gasteiger partial charge in [-0.3, -0.25) is 0 Å². The number of hydrogen-bond donors (Lipinski definition) is 0. The number of benzene rings is 1. The first-order valence-corrected chi connectivity index (χ1v) is 8.12. The van der Waals surface area contributed by atoms with Crippen LogP contribution >= 0.6 is 0 Å². The Morgan fingerprint density at radius 1 is 1.15 bits per heavy atom. The summed E-state index contributed by atoms with van der Waals surface area (Å²) in [6.45, 7) is 2.01. The van der Waals surface area contributed by atoms with Gasteiger partial charge in [-0.1, -0.05) is 31.2 Å². The summed E-state index contributed by atoms with van der Waals surface area (Å²) in [6.07, 6.45) is 2.85. The van der Waals surface area contributed by atoms with E-state index in [1.807, 2.05) is 6.92 Å². The Balaban J connectivity index is 2.78. The van der Waals surface area contributed by atoms with E-state index < -0.39 is 9.84 Å². The zero-order valence-electron chi connectivity index (χ0n) is 12.2. The van der Waals surface area contributed by atoms with Gasteiger partial charge in [-0.05, 0) is 24.5 Å². The summed E-state index contributed by atoms with van der Waals surface area (Å²) in [5, 5.41) is 1.28. The van der Waals surface area contributed by atoms with Gasteiger partial charge in [0.05, 0.1) is 4.90 Å².